The number of halogens is 1. The van der Waals surface area contributed by atoms with Crippen molar-refractivity contribution in [3.8, 4) is 0 Å². The Morgan fingerprint density at radius 3 is 2.96 bits per heavy atom. The second-order valence-electron chi connectivity index (χ2n) is 5.85. The molecule has 3 aromatic rings. The number of nitrogens with zero attached hydrogens (tertiary/aromatic N) is 3. The van der Waals surface area contributed by atoms with Crippen molar-refractivity contribution in [3.05, 3.63) is 45.6 Å². The predicted molar refractivity (Wildman–Crippen MR) is 86.0 cm³/mol. The largest absolute Gasteiger partial charge is 0.461 e. The second-order valence-corrected chi connectivity index (χ2v) is 6.29. The molecule has 1 saturated carbocycles. The molecule has 118 valence electrons. The number of esters is 1. The van der Waals surface area contributed by atoms with Gasteiger partial charge in [0.15, 0.2) is 11.3 Å². The van der Waals surface area contributed by atoms with Crippen LogP contribution >= 0.6 is 11.6 Å². The Hall–Kier alpha value is -2.34. The van der Waals surface area contributed by atoms with Crippen LogP contribution in [0, 0.1) is 5.92 Å². The Kier molecular flexibility index (Phi) is 3.16. The summed E-state index contributed by atoms with van der Waals surface area (Å²) in [5.74, 6) is -0.0256. The molecule has 1 fully saturated rings. The lowest BCUT2D eigenvalue weighted by Gasteiger charge is -2.08. The molecule has 0 radical (unpaired) electrons. The first-order valence-electron chi connectivity index (χ1n) is 7.38. The summed E-state index contributed by atoms with van der Waals surface area (Å²) in [5.41, 5.74) is 1.00. The van der Waals surface area contributed by atoms with Crippen molar-refractivity contribution in [1.29, 1.82) is 0 Å². The molecule has 0 amide bonds. The van der Waals surface area contributed by atoms with Gasteiger partial charge < -0.3 is 4.74 Å². The molecule has 0 bridgehead atoms. The van der Waals surface area contributed by atoms with Crippen LogP contribution in [0.4, 0.5) is 0 Å². The van der Waals surface area contributed by atoms with E-state index in [0.717, 1.165) is 12.8 Å². The Morgan fingerprint density at radius 2 is 2.22 bits per heavy atom. The number of aryl methyl sites for hydroxylation is 1. The highest BCUT2D eigenvalue weighted by Crippen LogP contribution is 2.29. The van der Waals surface area contributed by atoms with Gasteiger partial charge in [0.2, 0.25) is 0 Å². The number of aromatic nitrogens is 3. The highest BCUT2D eigenvalue weighted by atomic mass is 35.5. The van der Waals surface area contributed by atoms with Gasteiger partial charge in [0.1, 0.15) is 6.33 Å². The van der Waals surface area contributed by atoms with Gasteiger partial charge in [-0.15, -0.1) is 0 Å². The lowest BCUT2D eigenvalue weighted by molar-refractivity contribution is 0.0481. The van der Waals surface area contributed by atoms with Gasteiger partial charge in [-0.05, 0) is 37.0 Å². The van der Waals surface area contributed by atoms with Crippen molar-refractivity contribution in [2.45, 2.75) is 12.8 Å². The molecule has 23 heavy (non-hydrogen) atoms. The predicted octanol–water partition coefficient (Wildman–Crippen LogP) is 2.41. The first-order chi connectivity index (χ1) is 11.1. The minimum absolute atomic E-state index is 0.155. The number of carbonyl (C=O) groups excluding carboxylic acids is 1. The lowest BCUT2D eigenvalue weighted by Crippen LogP contribution is -2.21. The van der Waals surface area contributed by atoms with E-state index in [2.05, 4.69) is 4.98 Å². The van der Waals surface area contributed by atoms with Crippen LogP contribution in [0.5, 0.6) is 0 Å². The van der Waals surface area contributed by atoms with Gasteiger partial charge >= 0.3 is 5.97 Å². The summed E-state index contributed by atoms with van der Waals surface area (Å²) in [6.45, 7) is 0.412. The first-order valence-corrected chi connectivity index (χ1v) is 7.76. The molecule has 1 aliphatic rings. The normalized spacial score (nSPS) is 14.5. The number of fused-ring (bicyclic) bond motifs is 3. The van der Waals surface area contributed by atoms with Gasteiger partial charge in [0.05, 0.1) is 17.5 Å². The third-order valence-electron chi connectivity index (χ3n) is 4.15. The van der Waals surface area contributed by atoms with Crippen molar-refractivity contribution < 1.29 is 9.53 Å². The van der Waals surface area contributed by atoms with Gasteiger partial charge in [-0.25, -0.2) is 9.78 Å². The molecule has 2 aromatic heterocycles. The average Bonchev–Trinajstić information content (AvgIpc) is 3.26. The van der Waals surface area contributed by atoms with Crippen molar-refractivity contribution in [2.75, 3.05) is 6.61 Å². The van der Waals surface area contributed by atoms with Crippen molar-refractivity contribution in [1.82, 2.24) is 14.0 Å². The van der Waals surface area contributed by atoms with Crippen LogP contribution in [0.1, 0.15) is 23.3 Å². The molecule has 1 aromatic carbocycles. The van der Waals surface area contributed by atoms with Gasteiger partial charge in [0.25, 0.3) is 5.56 Å². The maximum Gasteiger partial charge on any atom is 0.360 e. The zero-order valence-electron chi connectivity index (χ0n) is 12.5. The zero-order valence-corrected chi connectivity index (χ0v) is 13.2. The Morgan fingerprint density at radius 1 is 1.43 bits per heavy atom. The molecule has 0 saturated heterocycles. The molecule has 6 nitrogen and oxygen atoms in total. The third-order valence-corrected chi connectivity index (χ3v) is 4.39. The highest BCUT2D eigenvalue weighted by Gasteiger charge is 2.25. The summed E-state index contributed by atoms with van der Waals surface area (Å²) >= 11 is 5.98. The maximum absolute atomic E-state index is 12.6. The molecule has 4 rings (SSSR count). The fourth-order valence-electron chi connectivity index (χ4n) is 2.70. The zero-order chi connectivity index (χ0) is 16.1. The topological polar surface area (TPSA) is 65.6 Å². The maximum atomic E-state index is 12.6. The Bertz CT molecular complexity index is 1000. The molecule has 0 N–H and O–H groups in total. The van der Waals surface area contributed by atoms with E-state index in [-0.39, 0.29) is 11.3 Å². The molecule has 0 aliphatic heterocycles. The third kappa shape index (κ3) is 2.30. The summed E-state index contributed by atoms with van der Waals surface area (Å²) in [6, 6.07) is 5.06. The van der Waals surface area contributed by atoms with E-state index >= 15 is 0 Å². The van der Waals surface area contributed by atoms with E-state index in [1.807, 2.05) is 0 Å². The summed E-state index contributed by atoms with van der Waals surface area (Å²) in [5, 5.41) is 0.959. The van der Waals surface area contributed by atoms with Crippen LogP contribution < -0.4 is 5.56 Å². The van der Waals surface area contributed by atoms with E-state index in [1.54, 1.807) is 29.6 Å². The summed E-state index contributed by atoms with van der Waals surface area (Å²) in [6.07, 6.45) is 3.72. The van der Waals surface area contributed by atoms with Crippen LogP contribution in [-0.2, 0) is 11.8 Å². The smallest absolute Gasteiger partial charge is 0.360 e. The minimum atomic E-state index is -0.497. The number of carbonyl (C=O) groups is 1. The average molecular weight is 332 g/mol. The molecule has 0 spiro atoms. The van der Waals surface area contributed by atoms with E-state index < -0.39 is 5.97 Å². The molecular formula is C16H14ClN3O3. The van der Waals surface area contributed by atoms with E-state index in [9.17, 15) is 9.59 Å². The molecule has 0 unspecified atom stereocenters. The number of hydrogen-bond acceptors (Lipinski definition) is 4. The van der Waals surface area contributed by atoms with Crippen LogP contribution in [0.3, 0.4) is 0 Å². The Balaban J connectivity index is 1.91. The van der Waals surface area contributed by atoms with Crippen molar-refractivity contribution in [2.24, 2.45) is 13.0 Å². The molecule has 2 heterocycles. The summed E-state index contributed by atoms with van der Waals surface area (Å²) in [4.78, 5) is 29.0. The van der Waals surface area contributed by atoms with Crippen molar-refractivity contribution >= 4 is 34.1 Å². The van der Waals surface area contributed by atoms with E-state index in [0.29, 0.717) is 34.1 Å². The summed E-state index contributed by atoms with van der Waals surface area (Å²) in [7, 11) is 1.61. The number of hydrogen-bond donors (Lipinski definition) is 0. The number of benzene rings is 1. The molecule has 7 heteroatoms. The monoisotopic (exact) mass is 331 g/mol. The van der Waals surface area contributed by atoms with Crippen LogP contribution in [-0.4, -0.2) is 26.5 Å². The highest BCUT2D eigenvalue weighted by molar-refractivity contribution is 6.31. The van der Waals surface area contributed by atoms with Gasteiger partial charge in [-0.3, -0.25) is 13.8 Å². The van der Waals surface area contributed by atoms with Gasteiger partial charge in [0, 0.05) is 12.1 Å². The first kappa shape index (κ1) is 14.3. The number of imidazole rings is 1. The fourth-order valence-corrected chi connectivity index (χ4v) is 2.87. The molecule has 0 atom stereocenters. The van der Waals surface area contributed by atoms with Gasteiger partial charge in [-0.2, -0.15) is 0 Å². The quantitative estimate of drug-likeness (QED) is 0.691. The lowest BCUT2D eigenvalue weighted by atomic mass is 10.2. The van der Waals surface area contributed by atoms with E-state index in [1.165, 1.54) is 10.9 Å². The van der Waals surface area contributed by atoms with E-state index in [4.69, 9.17) is 16.3 Å². The molecular weight excluding hydrogens is 318 g/mol. The number of ether oxygens (including phenoxy) is 1. The van der Waals surface area contributed by atoms with Crippen LogP contribution in [0.15, 0.2) is 29.3 Å². The second kappa shape index (κ2) is 5.09. The van der Waals surface area contributed by atoms with Crippen LogP contribution in [0.2, 0.25) is 5.02 Å². The van der Waals surface area contributed by atoms with Gasteiger partial charge in [-0.1, -0.05) is 11.6 Å². The standard InChI is InChI=1S/C16H14ClN3O3/c1-19-14-13(16(22)23-7-9-2-3-9)18-8-20(14)12-5-4-10(17)6-11(12)15(19)21/h4-6,8-9H,2-3,7H2,1H3. The molecule has 1 aliphatic carbocycles. The summed E-state index contributed by atoms with van der Waals surface area (Å²) < 4.78 is 8.40. The SMILES string of the molecule is Cn1c(=O)c2cc(Cl)ccc2n2cnc(C(=O)OCC3CC3)c12. The van der Waals surface area contributed by atoms with Crippen molar-refractivity contribution in [3.63, 3.8) is 0 Å². The minimum Gasteiger partial charge on any atom is -0.461 e. The fraction of sp³-hybridized carbons (Fsp3) is 0.312. The Labute approximate surface area is 136 Å². The number of rotatable bonds is 3. The van der Waals surface area contributed by atoms with Crippen LogP contribution in [0.25, 0.3) is 16.6 Å².